The number of hydrogen-bond donors (Lipinski definition) is 0. The molecular weight excluding hydrogens is 230 g/mol. The number of fused-ring (bicyclic) bond motifs is 1. The minimum atomic E-state index is 0.00407. The Kier molecular flexibility index (Phi) is 2.90. The number of rotatable bonds is 1. The van der Waals surface area contributed by atoms with Crippen LogP contribution in [0.25, 0.3) is 11.0 Å². The van der Waals surface area contributed by atoms with Crippen LogP contribution >= 0.6 is 0 Å². The Bertz CT molecular complexity index is 574. The van der Waals surface area contributed by atoms with Crippen LogP contribution in [-0.2, 0) is 4.74 Å². The first-order valence-electron chi connectivity index (χ1n) is 5.93. The predicted octanol–water partition coefficient (Wildman–Crippen LogP) is 1.10. The van der Waals surface area contributed by atoms with E-state index in [4.69, 9.17) is 4.74 Å². The number of morpholine rings is 1. The molecule has 1 aliphatic heterocycles. The Morgan fingerprint density at radius 1 is 1.17 bits per heavy atom. The first-order valence-corrected chi connectivity index (χ1v) is 5.93. The number of carbonyl (C=O) groups excluding carboxylic acids is 1. The van der Waals surface area contributed by atoms with E-state index < -0.39 is 0 Å². The molecule has 2 heterocycles. The van der Waals surface area contributed by atoms with Gasteiger partial charge in [0.2, 0.25) is 0 Å². The highest BCUT2D eigenvalue weighted by Gasteiger charge is 2.20. The number of para-hydroxylation sites is 1. The lowest BCUT2D eigenvalue weighted by atomic mass is 10.1. The number of aromatic nitrogens is 2. The monoisotopic (exact) mass is 243 g/mol. The average molecular weight is 243 g/mol. The summed E-state index contributed by atoms with van der Waals surface area (Å²) in [5, 5.41) is 0. The van der Waals surface area contributed by atoms with Crippen molar-refractivity contribution in [3.05, 3.63) is 36.2 Å². The van der Waals surface area contributed by atoms with Gasteiger partial charge in [0.15, 0.2) is 0 Å². The maximum absolute atomic E-state index is 12.4. The first-order chi connectivity index (χ1) is 8.86. The Hall–Kier alpha value is -2.01. The number of hydrogen-bond acceptors (Lipinski definition) is 4. The normalized spacial score (nSPS) is 15.9. The summed E-state index contributed by atoms with van der Waals surface area (Å²) >= 11 is 0. The molecule has 1 amide bonds. The number of amides is 1. The van der Waals surface area contributed by atoms with Crippen molar-refractivity contribution in [1.29, 1.82) is 0 Å². The molecule has 0 unspecified atom stereocenters. The average Bonchev–Trinajstić information content (AvgIpc) is 2.47. The second-order valence-corrected chi connectivity index (χ2v) is 4.13. The van der Waals surface area contributed by atoms with Gasteiger partial charge in [-0.05, 0) is 12.1 Å². The maximum atomic E-state index is 12.4. The summed E-state index contributed by atoms with van der Waals surface area (Å²) in [5.41, 5.74) is 2.02. The third-order valence-corrected chi connectivity index (χ3v) is 3.03. The van der Waals surface area contributed by atoms with Crippen LogP contribution in [0.5, 0.6) is 0 Å². The van der Waals surface area contributed by atoms with Gasteiger partial charge in [-0.3, -0.25) is 14.8 Å². The molecule has 92 valence electrons. The molecule has 2 aromatic rings. The molecule has 0 atom stereocenters. The van der Waals surface area contributed by atoms with E-state index in [1.54, 1.807) is 23.4 Å². The Morgan fingerprint density at radius 3 is 2.78 bits per heavy atom. The molecule has 0 N–H and O–H groups in total. The van der Waals surface area contributed by atoms with Gasteiger partial charge in [0.05, 0.1) is 24.3 Å². The molecule has 1 saturated heterocycles. The predicted molar refractivity (Wildman–Crippen MR) is 66.3 cm³/mol. The third kappa shape index (κ3) is 1.93. The van der Waals surface area contributed by atoms with E-state index in [-0.39, 0.29) is 5.91 Å². The van der Waals surface area contributed by atoms with E-state index >= 15 is 0 Å². The van der Waals surface area contributed by atoms with Crippen molar-refractivity contribution in [2.75, 3.05) is 26.3 Å². The highest BCUT2D eigenvalue weighted by Crippen LogP contribution is 2.16. The molecule has 5 nitrogen and oxygen atoms in total. The zero-order valence-electron chi connectivity index (χ0n) is 9.87. The summed E-state index contributed by atoms with van der Waals surface area (Å²) in [7, 11) is 0. The maximum Gasteiger partial charge on any atom is 0.256 e. The van der Waals surface area contributed by atoms with E-state index in [1.165, 1.54) is 0 Å². The van der Waals surface area contributed by atoms with Gasteiger partial charge in [-0.2, -0.15) is 0 Å². The Labute approximate surface area is 104 Å². The van der Waals surface area contributed by atoms with Crippen LogP contribution in [-0.4, -0.2) is 47.1 Å². The van der Waals surface area contributed by atoms with Gasteiger partial charge in [-0.25, -0.2) is 0 Å². The molecule has 0 spiro atoms. The van der Waals surface area contributed by atoms with Gasteiger partial charge in [-0.15, -0.1) is 0 Å². The number of nitrogens with zero attached hydrogens (tertiary/aromatic N) is 3. The lowest BCUT2D eigenvalue weighted by Crippen LogP contribution is -2.40. The summed E-state index contributed by atoms with van der Waals surface area (Å²) in [4.78, 5) is 22.7. The molecule has 1 aromatic carbocycles. The van der Waals surface area contributed by atoms with Gasteiger partial charge in [0.25, 0.3) is 5.91 Å². The molecule has 1 fully saturated rings. The molecule has 0 bridgehead atoms. The SMILES string of the molecule is O=C(c1cccc2nccnc12)N1CCOCC1. The standard InChI is InChI=1S/C13H13N3O2/c17-13(16-6-8-18-9-7-16)10-2-1-3-11-12(10)15-5-4-14-11/h1-5H,6-9H2. The van der Waals surface area contributed by atoms with Crippen LogP contribution in [0.15, 0.2) is 30.6 Å². The van der Waals surface area contributed by atoms with Crippen LogP contribution in [0.3, 0.4) is 0 Å². The van der Waals surface area contributed by atoms with Crippen molar-refractivity contribution in [2.24, 2.45) is 0 Å². The van der Waals surface area contributed by atoms with Gasteiger partial charge >= 0.3 is 0 Å². The zero-order chi connectivity index (χ0) is 12.4. The highest BCUT2D eigenvalue weighted by atomic mass is 16.5. The minimum absolute atomic E-state index is 0.00407. The van der Waals surface area contributed by atoms with E-state index in [9.17, 15) is 4.79 Å². The van der Waals surface area contributed by atoms with Crippen LogP contribution < -0.4 is 0 Å². The molecule has 5 heteroatoms. The van der Waals surface area contributed by atoms with Crippen LogP contribution in [0.1, 0.15) is 10.4 Å². The number of ether oxygens (including phenoxy) is 1. The minimum Gasteiger partial charge on any atom is -0.378 e. The fourth-order valence-electron chi connectivity index (χ4n) is 2.10. The summed E-state index contributed by atoms with van der Waals surface area (Å²) < 4.78 is 5.25. The lowest BCUT2D eigenvalue weighted by Gasteiger charge is -2.27. The molecule has 0 radical (unpaired) electrons. The van der Waals surface area contributed by atoms with E-state index in [1.807, 2.05) is 12.1 Å². The van der Waals surface area contributed by atoms with Crippen LogP contribution in [0, 0.1) is 0 Å². The third-order valence-electron chi connectivity index (χ3n) is 3.03. The fourth-order valence-corrected chi connectivity index (χ4v) is 2.10. The van der Waals surface area contributed by atoms with Crippen molar-refractivity contribution in [3.63, 3.8) is 0 Å². The first kappa shape index (κ1) is 11.1. The number of carbonyl (C=O) groups is 1. The topological polar surface area (TPSA) is 55.3 Å². The van der Waals surface area contributed by atoms with Crippen molar-refractivity contribution in [3.8, 4) is 0 Å². The molecule has 0 saturated carbocycles. The largest absolute Gasteiger partial charge is 0.378 e. The van der Waals surface area contributed by atoms with Crippen molar-refractivity contribution >= 4 is 16.9 Å². The van der Waals surface area contributed by atoms with Gasteiger partial charge < -0.3 is 9.64 Å². The van der Waals surface area contributed by atoms with Gasteiger partial charge in [-0.1, -0.05) is 6.07 Å². The zero-order valence-corrected chi connectivity index (χ0v) is 9.87. The summed E-state index contributed by atoms with van der Waals surface area (Å²) in [6, 6.07) is 5.50. The van der Waals surface area contributed by atoms with Crippen LogP contribution in [0.4, 0.5) is 0 Å². The van der Waals surface area contributed by atoms with E-state index in [2.05, 4.69) is 9.97 Å². The second-order valence-electron chi connectivity index (χ2n) is 4.13. The smallest absolute Gasteiger partial charge is 0.256 e. The number of benzene rings is 1. The molecule has 0 aliphatic carbocycles. The Morgan fingerprint density at radius 2 is 1.94 bits per heavy atom. The second kappa shape index (κ2) is 4.70. The van der Waals surface area contributed by atoms with E-state index in [0.717, 1.165) is 5.52 Å². The van der Waals surface area contributed by atoms with Crippen LogP contribution in [0.2, 0.25) is 0 Å². The summed E-state index contributed by atoms with van der Waals surface area (Å²) in [6.45, 7) is 2.47. The molecule has 1 aliphatic rings. The molecule has 3 rings (SSSR count). The van der Waals surface area contributed by atoms with Crippen molar-refractivity contribution in [2.45, 2.75) is 0 Å². The Balaban J connectivity index is 2.00. The fraction of sp³-hybridized carbons (Fsp3) is 0.308. The highest BCUT2D eigenvalue weighted by molar-refractivity contribution is 6.04. The summed E-state index contributed by atoms with van der Waals surface area (Å²) in [5.74, 6) is 0.00407. The summed E-state index contributed by atoms with van der Waals surface area (Å²) in [6.07, 6.45) is 3.24. The van der Waals surface area contributed by atoms with E-state index in [0.29, 0.717) is 37.4 Å². The van der Waals surface area contributed by atoms with Gasteiger partial charge in [0.1, 0.15) is 5.52 Å². The lowest BCUT2D eigenvalue weighted by molar-refractivity contribution is 0.0304. The van der Waals surface area contributed by atoms with Gasteiger partial charge in [0, 0.05) is 25.5 Å². The quantitative estimate of drug-likeness (QED) is 0.752. The molecule has 1 aromatic heterocycles. The van der Waals surface area contributed by atoms with Crippen molar-refractivity contribution < 1.29 is 9.53 Å². The molecular formula is C13H13N3O2. The molecule has 18 heavy (non-hydrogen) atoms. The van der Waals surface area contributed by atoms with Crippen molar-refractivity contribution in [1.82, 2.24) is 14.9 Å².